The van der Waals surface area contributed by atoms with E-state index in [0.717, 1.165) is 12.8 Å². The van der Waals surface area contributed by atoms with Crippen molar-refractivity contribution in [2.24, 2.45) is 0 Å². The topological polar surface area (TPSA) is 0 Å². The zero-order valence-corrected chi connectivity index (χ0v) is 8.98. The van der Waals surface area contributed by atoms with Crippen molar-refractivity contribution in [2.45, 2.75) is 46.5 Å². The van der Waals surface area contributed by atoms with E-state index in [0.29, 0.717) is 0 Å². The number of rotatable bonds is 4. The Labute approximate surface area is 82.0 Å². The third kappa shape index (κ3) is 2.33. The van der Waals surface area contributed by atoms with Gasteiger partial charge in [-0.25, -0.2) is 0 Å². The molecule has 0 aliphatic carbocycles. The largest absolute Gasteiger partial charge is 0.0651 e. The molecule has 0 spiro atoms. The average Bonchev–Trinajstić information content (AvgIpc) is 2.18. The summed E-state index contributed by atoms with van der Waals surface area (Å²) in [4.78, 5) is 0. The predicted octanol–water partition coefficient (Wildman–Crippen LogP) is 3.56. The first kappa shape index (κ1) is 10.3. The van der Waals surface area contributed by atoms with Crippen molar-refractivity contribution >= 4 is 0 Å². The summed E-state index contributed by atoms with van der Waals surface area (Å²) in [6, 6.07) is 7.52. The summed E-state index contributed by atoms with van der Waals surface area (Å²) in [5.74, 6) is 0. The summed E-state index contributed by atoms with van der Waals surface area (Å²) in [6.45, 7) is 6.69. The van der Waals surface area contributed by atoms with E-state index in [9.17, 15) is 0 Å². The maximum atomic E-state index is 3.23. The van der Waals surface area contributed by atoms with Gasteiger partial charge in [0, 0.05) is 0 Å². The molecule has 0 heterocycles. The molecule has 0 nitrogen and oxygen atoms in total. The molecule has 13 heavy (non-hydrogen) atoms. The smallest absolute Gasteiger partial charge is 0.0178 e. The zero-order chi connectivity index (χ0) is 9.68. The lowest BCUT2D eigenvalue weighted by Crippen LogP contribution is -1.98. The lowest BCUT2D eigenvalue weighted by molar-refractivity contribution is 0.876. The fourth-order valence-electron chi connectivity index (χ4n) is 1.83. The molecular weight excluding hydrogens is 156 g/mol. The normalized spacial score (nSPS) is 10.4. The summed E-state index contributed by atoms with van der Waals surface area (Å²) < 4.78 is 0. The zero-order valence-electron chi connectivity index (χ0n) is 8.98. The van der Waals surface area contributed by atoms with Gasteiger partial charge in [0.2, 0.25) is 0 Å². The van der Waals surface area contributed by atoms with E-state index in [2.05, 4.69) is 39.0 Å². The Balaban J connectivity index is 3.05. The van der Waals surface area contributed by atoms with Crippen LogP contribution in [0.4, 0.5) is 0 Å². The van der Waals surface area contributed by atoms with Crippen LogP contribution in [0.2, 0.25) is 0 Å². The second-order valence-corrected chi connectivity index (χ2v) is 3.44. The highest BCUT2D eigenvalue weighted by atomic mass is 14.1. The Morgan fingerprint density at radius 1 is 1.00 bits per heavy atom. The van der Waals surface area contributed by atoms with Crippen LogP contribution in [-0.4, -0.2) is 0 Å². The van der Waals surface area contributed by atoms with Crippen LogP contribution >= 0.6 is 0 Å². The SMILES string of the molecule is CCCc1c(CC)c[c]cc1CC. The molecule has 0 saturated carbocycles. The Morgan fingerprint density at radius 3 is 1.92 bits per heavy atom. The van der Waals surface area contributed by atoms with Gasteiger partial charge in [-0.1, -0.05) is 39.3 Å². The summed E-state index contributed by atoms with van der Waals surface area (Å²) in [5.41, 5.74) is 4.55. The van der Waals surface area contributed by atoms with Gasteiger partial charge in [0.05, 0.1) is 0 Å². The molecule has 71 valence electrons. The number of hydrogen-bond donors (Lipinski definition) is 0. The summed E-state index contributed by atoms with van der Waals surface area (Å²) in [6.07, 6.45) is 4.74. The van der Waals surface area contributed by atoms with Gasteiger partial charge in [0.25, 0.3) is 0 Å². The molecule has 0 aromatic heterocycles. The van der Waals surface area contributed by atoms with Gasteiger partial charge in [0.1, 0.15) is 0 Å². The van der Waals surface area contributed by atoms with Crippen molar-refractivity contribution in [3.63, 3.8) is 0 Å². The van der Waals surface area contributed by atoms with E-state index >= 15 is 0 Å². The Bertz CT molecular complexity index is 238. The van der Waals surface area contributed by atoms with E-state index in [4.69, 9.17) is 0 Å². The van der Waals surface area contributed by atoms with Crippen LogP contribution in [0.3, 0.4) is 0 Å². The molecule has 1 aromatic rings. The second-order valence-electron chi connectivity index (χ2n) is 3.44. The molecule has 0 unspecified atom stereocenters. The van der Waals surface area contributed by atoms with Gasteiger partial charge >= 0.3 is 0 Å². The van der Waals surface area contributed by atoms with Gasteiger partial charge in [-0.05, 0) is 42.0 Å². The van der Waals surface area contributed by atoms with E-state index in [-0.39, 0.29) is 0 Å². The Hall–Kier alpha value is -0.780. The van der Waals surface area contributed by atoms with Gasteiger partial charge in [0.15, 0.2) is 0 Å². The molecule has 0 N–H and O–H groups in total. The number of benzene rings is 1. The molecule has 0 saturated heterocycles. The van der Waals surface area contributed by atoms with Gasteiger partial charge in [-0.3, -0.25) is 0 Å². The third-order valence-corrected chi connectivity index (χ3v) is 2.55. The fraction of sp³-hybridized carbons (Fsp3) is 0.538. The highest BCUT2D eigenvalue weighted by Crippen LogP contribution is 2.17. The first-order valence-corrected chi connectivity index (χ1v) is 5.34. The van der Waals surface area contributed by atoms with Crippen molar-refractivity contribution < 1.29 is 0 Å². The van der Waals surface area contributed by atoms with Crippen molar-refractivity contribution in [2.75, 3.05) is 0 Å². The molecule has 0 atom stereocenters. The molecule has 0 heteroatoms. The lowest BCUT2D eigenvalue weighted by Gasteiger charge is -2.11. The van der Waals surface area contributed by atoms with Crippen molar-refractivity contribution in [1.29, 1.82) is 0 Å². The molecule has 0 aliphatic heterocycles. The molecular formula is C13H19. The van der Waals surface area contributed by atoms with Crippen LogP contribution in [0.5, 0.6) is 0 Å². The predicted molar refractivity (Wildman–Crippen MR) is 58.0 cm³/mol. The van der Waals surface area contributed by atoms with Crippen LogP contribution in [0, 0.1) is 6.07 Å². The monoisotopic (exact) mass is 175 g/mol. The van der Waals surface area contributed by atoms with Crippen LogP contribution < -0.4 is 0 Å². The van der Waals surface area contributed by atoms with Gasteiger partial charge in [-0.15, -0.1) is 0 Å². The summed E-state index contributed by atoms with van der Waals surface area (Å²) >= 11 is 0. The number of hydrogen-bond acceptors (Lipinski definition) is 0. The minimum absolute atomic E-state index is 1.14. The first-order chi connectivity index (χ1) is 6.33. The standard InChI is InChI=1S/C13H19/c1-4-8-13-11(5-2)9-7-10-12(13)6-3/h9-10H,4-6,8H2,1-3H3. The minimum atomic E-state index is 1.14. The molecule has 0 fully saturated rings. The van der Waals surface area contributed by atoms with Crippen molar-refractivity contribution in [3.8, 4) is 0 Å². The summed E-state index contributed by atoms with van der Waals surface area (Å²) in [7, 11) is 0. The molecule has 0 aliphatic rings. The van der Waals surface area contributed by atoms with E-state index in [1.165, 1.54) is 24.0 Å². The summed E-state index contributed by atoms with van der Waals surface area (Å²) in [5, 5.41) is 0. The molecule has 1 aromatic carbocycles. The first-order valence-electron chi connectivity index (χ1n) is 5.34. The average molecular weight is 175 g/mol. The second kappa shape index (κ2) is 5.06. The van der Waals surface area contributed by atoms with Gasteiger partial charge < -0.3 is 0 Å². The Morgan fingerprint density at radius 2 is 1.54 bits per heavy atom. The molecule has 1 rings (SSSR count). The quantitative estimate of drug-likeness (QED) is 0.656. The highest BCUT2D eigenvalue weighted by Gasteiger charge is 2.04. The number of aryl methyl sites for hydroxylation is 2. The Kier molecular flexibility index (Phi) is 4.01. The van der Waals surface area contributed by atoms with Crippen molar-refractivity contribution in [1.82, 2.24) is 0 Å². The lowest BCUT2D eigenvalue weighted by atomic mass is 9.94. The van der Waals surface area contributed by atoms with E-state index in [1.807, 2.05) is 0 Å². The van der Waals surface area contributed by atoms with E-state index < -0.39 is 0 Å². The van der Waals surface area contributed by atoms with E-state index in [1.54, 1.807) is 5.56 Å². The molecule has 0 bridgehead atoms. The highest BCUT2D eigenvalue weighted by molar-refractivity contribution is 5.35. The van der Waals surface area contributed by atoms with Crippen LogP contribution in [0.1, 0.15) is 43.9 Å². The van der Waals surface area contributed by atoms with Crippen LogP contribution in [0.15, 0.2) is 12.1 Å². The van der Waals surface area contributed by atoms with Gasteiger partial charge in [-0.2, -0.15) is 0 Å². The van der Waals surface area contributed by atoms with Crippen molar-refractivity contribution in [3.05, 3.63) is 34.9 Å². The minimum Gasteiger partial charge on any atom is -0.0651 e. The maximum absolute atomic E-state index is 3.23. The van der Waals surface area contributed by atoms with Crippen LogP contribution in [-0.2, 0) is 19.3 Å². The fourth-order valence-corrected chi connectivity index (χ4v) is 1.83. The maximum Gasteiger partial charge on any atom is -0.0178 e. The molecule has 0 amide bonds. The van der Waals surface area contributed by atoms with Crippen LogP contribution in [0.25, 0.3) is 0 Å². The third-order valence-electron chi connectivity index (χ3n) is 2.55. The molecule has 1 radical (unpaired) electrons.